The summed E-state index contributed by atoms with van der Waals surface area (Å²) in [6.45, 7) is 4.97. The zero-order chi connectivity index (χ0) is 21.6. The van der Waals surface area contributed by atoms with Crippen molar-refractivity contribution in [3.05, 3.63) is 66.7 Å². The lowest BCUT2D eigenvalue weighted by molar-refractivity contribution is -0.131. The number of benzene rings is 3. The van der Waals surface area contributed by atoms with Crippen LogP contribution in [0.4, 0.5) is 11.4 Å². The van der Waals surface area contributed by atoms with Crippen molar-refractivity contribution in [3.8, 4) is 5.75 Å². The fraction of sp³-hybridized carbons (Fsp3) is 0.280. The maximum atomic E-state index is 12.4. The SMILES string of the molecule is CCC(=O)N1CCN(c2ccc(NC(=O)COc3cccc4ccccc34)cc2)CC1. The van der Waals surface area contributed by atoms with Gasteiger partial charge >= 0.3 is 0 Å². The summed E-state index contributed by atoms with van der Waals surface area (Å²) in [5.41, 5.74) is 1.82. The van der Waals surface area contributed by atoms with Gasteiger partial charge in [0, 0.05) is 49.4 Å². The summed E-state index contributed by atoms with van der Waals surface area (Å²) < 4.78 is 5.76. The van der Waals surface area contributed by atoms with Gasteiger partial charge in [-0.2, -0.15) is 0 Å². The zero-order valence-electron chi connectivity index (χ0n) is 17.7. The molecule has 6 nitrogen and oxygen atoms in total. The van der Waals surface area contributed by atoms with Crippen molar-refractivity contribution in [2.24, 2.45) is 0 Å². The number of anilines is 2. The molecule has 1 heterocycles. The summed E-state index contributed by atoms with van der Waals surface area (Å²) in [7, 11) is 0. The van der Waals surface area contributed by atoms with E-state index in [4.69, 9.17) is 4.74 Å². The van der Waals surface area contributed by atoms with Gasteiger partial charge in [-0.1, -0.05) is 43.3 Å². The topological polar surface area (TPSA) is 61.9 Å². The number of fused-ring (bicyclic) bond motifs is 1. The second-order valence-corrected chi connectivity index (χ2v) is 7.58. The fourth-order valence-electron chi connectivity index (χ4n) is 3.86. The number of nitrogens with one attached hydrogen (secondary N) is 1. The quantitative estimate of drug-likeness (QED) is 0.661. The predicted octanol–water partition coefficient (Wildman–Crippen LogP) is 3.92. The molecule has 6 heteroatoms. The summed E-state index contributed by atoms with van der Waals surface area (Å²) in [6.07, 6.45) is 0.554. The molecule has 31 heavy (non-hydrogen) atoms. The Labute approximate surface area is 182 Å². The second-order valence-electron chi connectivity index (χ2n) is 7.58. The Morgan fingerprint density at radius 2 is 1.61 bits per heavy atom. The summed E-state index contributed by atoms with van der Waals surface area (Å²) >= 11 is 0. The van der Waals surface area contributed by atoms with Crippen LogP contribution in [0, 0.1) is 0 Å². The highest BCUT2D eigenvalue weighted by Crippen LogP contribution is 2.25. The predicted molar refractivity (Wildman–Crippen MR) is 124 cm³/mol. The highest BCUT2D eigenvalue weighted by atomic mass is 16.5. The average Bonchev–Trinajstić information content (AvgIpc) is 2.83. The lowest BCUT2D eigenvalue weighted by atomic mass is 10.1. The van der Waals surface area contributed by atoms with E-state index in [-0.39, 0.29) is 18.4 Å². The Balaban J connectivity index is 1.30. The number of nitrogens with zero attached hydrogens (tertiary/aromatic N) is 2. The maximum absolute atomic E-state index is 12.4. The van der Waals surface area contributed by atoms with E-state index in [9.17, 15) is 9.59 Å². The molecule has 0 aliphatic carbocycles. The summed E-state index contributed by atoms with van der Waals surface area (Å²) in [6, 6.07) is 21.5. The van der Waals surface area contributed by atoms with Crippen LogP contribution in [0.3, 0.4) is 0 Å². The molecule has 0 radical (unpaired) electrons. The highest BCUT2D eigenvalue weighted by Gasteiger charge is 2.20. The molecule has 0 saturated carbocycles. The molecule has 1 aliphatic heterocycles. The highest BCUT2D eigenvalue weighted by molar-refractivity contribution is 5.93. The fourth-order valence-corrected chi connectivity index (χ4v) is 3.86. The number of carbonyl (C=O) groups is 2. The van der Waals surface area contributed by atoms with Gasteiger partial charge in [0.15, 0.2) is 6.61 Å². The zero-order valence-corrected chi connectivity index (χ0v) is 17.7. The van der Waals surface area contributed by atoms with E-state index in [2.05, 4.69) is 10.2 Å². The Morgan fingerprint density at radius 1 is 0.903 bits per heavy atom. The molecule has 0 aromatic heterocycles. The number of hydrogen-bond donors (Lipinski definition) is 1. The number of ether oxygens (including phenoxy) is 1. The molecule has 3 aromatic rings. The van der Waals surface area contributed by atoms with E-state index < -0.39 is 0 Å². The smallest absolute Gasteiger partial charge is 0.262 e. The Morgan fingerprint density at radius 3 is 2.35 bits per heavy atom. The normalized spacial score (nSPS) is 13.8. The van der Waals surface area contributed by atoms with Crippen molar-refractivity contribution in [1.82, 2.24) is 4.90 Å². The number of piperazine rings is 1. The largest absolute Gasteiger partial charge is 0.483 e. The molecule has 0 spiro atoms. The van der Waals surface area contributed by atoms with Gasteiger partial charge < -0.3 is 19.9 Å². The molecule has 3 aromatic carbocycles. The summed E-state index contributed by atoms with van der Waals surface area (Å²) in [5.74, 6) is 0.708. The van der Waals surface area contributed by atoms with Gasteiger partial charge in [-0.05, 0) is 35.7 Å². The van der Waals surface area contributed by atoms with E-state index in [1.54, 1.807) is 0 Å². The molecule has 1 fully saturated rings. The van der Waals surface area contributed by atoms with Crippen molar-refractivity contribution < 1.29 is 14.3 Å². The molecule has 0 atom stereocenters. The lowest BCUT2D eigenvalue weighted by Gasteiger charge is -2.36. The molecule has 0 unspecified atom stereocenters. The second kappa shape index (κ2) is 9.51. The van der Waals surface area contributed by atoms with Crippen molar-refractivity contribution in [2.75, 3.05) is 43.0 Å². The third-order valence-electron chi connectivity index (χ3n) is 5.56. The van der Waals surface area contributed by atoms with Gasteiger partial charge in [0.1, 0.15) is 5.75 Å². The number of carbonyl (C=O) groups excluding carboxylic acids is 2. The van der Waals surface area contributed by atoms with Crippen LogP contribution >= 0.6 is 0 Å². The van der Waals surface area contributed by atoms with Crippen LogP contribution < -0.4 is 15.0 Å². The minimum atomic E-state index is -0.202. The van der Waals surface area contributed by atoms with Crippen molar-refractivity contribution in [1.29, 1.82) is 0 Å². The number of amides is 2. The van der Waals surface area contributed by atoms with Gasteiger partial charge in [-0.15, -0.1) is 0 Å². The van der Waals surface area contributed by atoms with Crippen LogP contribution in [0.15, 0.2) is 66.7 Å². The minimum Gasteiger partial charge on any atom is -0.483 e. The molecular formula is C25H27N3O3. The standard InChI is InChI=1S/C25H27N3O3/c1-2-25(30)28-16-14-27(15-17-28)21-12-10-20(11-13-21)26-24(29)18-31-23-9-5-7-19-6-3-4-8-22(19)23/h3-13H,2,14-18H2,1H3,(H,26,29). The molecule has 1 saturated heterocycles. The molecule has 0 bridgehead atoms. The van der Waals surface area contributed by atoms with Gasteiger partial charge in [0.2, 0.25) is 5.91 Å². The number of rotatable bonds is 6. The molecule has 160 valence electrons. The first-order valence-corrected chi connectivity index (χ1v) is 10.7. The van der Waals surface area contributed by atoms with Crippen LogP contribution in [-0.2, 0) is 9.59 Å². The lowest BCUT2D eigenvalue weighted by Crippen LogP contribution is -2.48. The van der Waals surface area contributed by atoms with E-state index in [1.165, 1.54) is 0 Å². The van der Waals surface area contributed by atoms with Gasteiger partial charge in [0.25, 0.3) is 5.91 Å². The monoisotopic (exact) mass is 417 g/mol. The molecule has 1 N–H and O–H groups in total. The minimum absolute atomic E-state index is 0.0524. The van der Waals surface area contributed by atoms with Crippen LogP contribution in [0.1, 0.15) is 13.3 Å². The summed E-state index contributed by atoms with van der Waals surface area (Å²) in [4.78, 5) is 28.4. The van der Waals surface area contributed by atoms with Crippen LogP contribution in [0.25, 0.3) is 10.8 Å². The molecule has 1 aliphatic rings. The Kier molecular flexibility index (Phi) is 6.36. The first-order valence-electron chi connectivity index (χ1n) is 10.7. The molecule has 2 amide bonds. The Bertz CT molecular complexity index is 1050. The van der Waals surface area contributed by atoms with Crippen molar-refractivity contribution in [2.45, 2.75) is 13.3 Å². The first-order chi connectivity index (χ1) is 15.1. The molecular weight excluding hydrogens is 390 g/mol. The Hall–Kier alpha value is -3.54. The van der Waals surface area contributed by atoms with Crippen molar-refractivity contribution >= 4 is 34.0 Å². The van der Waals surface area contributed by atoms with E-state index in [1.807, 2.05) is 78.6 Å². The van der Waals surface area contributed by atoms with Crippen molar-refractivity contribution in [3.63, 3.8) is 0 Å². The average molecular weight is 418 g/mol. The van der Waals surface area contributed by atoms with E-state index >= 15 is 0 Å². The van der Waals surface area contributed by atoms with Gasteiger partial charge in [-0.25, -0.2) is 0 Å². The van der Waals surface area contributed by atoms with E-state index in [0.717, 1.165) is 48.3 Å². The third-order valence-corrected chi connectivity index (χ3v) is 5.56. The maximum Gasteiger partial charge on any atom is 0.262 e. The van der Waals surface area contributed by atoms with E-state index in [0.29, 0.717) is 12.2 Å². The third kappa shape index (κ3) is 4.97. The van der Waals surface area contributed by atoms with Crippen LogP contribution in [0.5, 0.6) is 5.75 Å². The first kappa shape index (κ1) is 20.7. The van der Waals surface area contributed by atoms with Crippen LogP contribution in [-0.4, -0.2) is 49.5 Å². The number of hydrogen-bond acceptors (Lipinski definition) is 4. The molecule has 4 rings (SSSR count). The summed E-state index contributed by atoms with van der Waals surface area (Å²) in [5, 5.41) is 4.95. The van der Waals surface area contributed by atoms with Crippen LogP contribution in [0.2, 0.25) is 0 Å². The van der Waals surface area contributed by atoms with Gasteiger partial charge in [0.05, 0.1) is 0 Å². The van der Waals surface area contributed by atoms with Gasteiger partial charge in [-0.3, -0.25) is 9.59 Å².